The van der Waals surface area contributed by atoms with Crippen LogP contribution in [0.25, 0.3) is 6.08 Å². The van der Waals surface area contributed by atoms with Crippen molar-refractivity contribution >= 4 is 29.3 Å². The van der Waals surface area contributed by atoms with Crippen molar-refractivity contribution in [2.24, 2.45) is 5.10 Å². The van der Waals surface area contributed by atoms with E-state index in [0.29, 0.717) is 22.1 Å². The molecule has 0 spiro atoms. The van der Waals surface area contributed by atoms with Crippen LogP contribution in [-0.4, -0.2) is 30.3 Å². The molecule has 0 atom stereocenters. The highest BCUT2D eigenvalue weighted by Gasteiger charge is 2.27. The van der Waals surface area contributed by atoms with Crippen LogP contribution < -0.4 is 4.74 Å². The summed E-state index contributed by atoms with van der Waals surface area (Å²) >= 11 is 5.89. The predicted molar refractivity (Wildman–Crippen MR) is 110 cm³/mol. The summed E-state index contributed by atoms with van der Waals surface area (Å²) in [5, 5.41) is 6.32. The van der Waals surface area contributed by atoms with Gasteiger partial charge in [0.25, 0.3) is 5.91 Å². The van der Waals surface area contributed by atoms with E-state index in [1.165, 1.54) is 23.4 Å². The van der Waals surface area contributed by atoms with Gasteiger partial charge in [0.15, 0.2) is 0 Å². The number of hydrogen-bond acceptors (Lipinski definition) is 3. The van der Waals surface area contributed by atoms with E-state index in [4.69, 9.17) is 16.3 Å². The molecule has 27 heavy (non-hydrogen) atoms. The van der Waals surface area contributed by atoms with Gasteiger partial charge in [-0.3, -0.25) is 4.79 Å². The molecular formula is C22H23ClN2O2. The van der Waals surface area contributed by atoms with Crippen molar-refractivity contribution in [3.05, 3.63) is 70.3 Å². The molecule has 0 bridgehead atoms. The van der Waals surface area contributed by atoms with Crippen molar-refractivity contribution in [1.82, 2.24) is 5.01 Å². The molecule has 1 aliphatic heterocycles. The van der Waals surface area contributed by atoms with E-state index in [2.05, 4.69) is 24.2 Å². The van der Waals surface area contributed by atoms with Gasteiger partial charge in [-0.1, -0.05) is 49.2 Å². The maximum Gasteiger partial charge on any atom is 0.275 e. The molecule has 1 heterocycles. The molecule has 1 amide bonds. The summed E-state index contributed by atoms with van der Waals surface area (Å²) in [6.07, 6.45) is 5.32. The van der Waals surface area contributed by atoms with Gasteiger partial charge >= 0.3 is 0 Å². The Labute approximate surface area is 165 Å². The fourth-order valence-corrected chi connectivity index (χ4v) is 2.97. The average Bonchev–Trinajstić information content (AvgIpc) is 2.95. The van der Waals surface area contributed by atoms with Gasteiger partial charge in [0, 0.05) is 12.1 Å². The third-order valence-electron chi connectivity index (χ3n) is 4.40. The molecule has 140 valence electrons. The highest BCUT2D eigenvalue weighted by atomic mass is 35.5. The second-order valence-corrected chi connectivity index (χ2v) is 6.96. The number of nitrogens with zero attached hydrogens (tertiary/aromatic N) is 2. The Morgan fingerprint density at radius 2 is 1.81 bits per heavy atom. The van der Waals surface area contributed by atoms with E-state index in [1.54, 1.807) is 31.3 Å². The van der Waals surface area contributed by atoms with E-state index in [0.717, 1.165) is 12.0 Å². The van der Waals surface area contributed by atoms with Gasteiger partial charge in [-0.25, -0.2) is 5.01 Å². The van der Waals surface area contributed by atoms with Crippen molar-refractivity contribution in [3.8, 4) is 5.75 Å². The second-order valence-electron chi connectivity index (χ2n) is 6.52. The number of likely N-dealkylation sites (N-methyl/N-ethyl adjacent to an activating group) is 1. The molecule has 0 saturated heterocycles. The minimum Gasteiger partial charge on any atom is -0.487 e. The summed E-state index contributed by atoms with van der Waals surface area (Å²) in [7, 11) is 1.65. The highest BCUT2D eigenvalue weighted by molar-refractivity contribution is 6.30. The lowest BCUT2D eigenvalue weighted by atomic mass is 10.0. The SMILES string of the molecule is CCCCc1ccc(/C=C2/C(=O)N(C)N=C2COc2ccc(Cl)cc2)cc1. The van der Waals surface area contributed by atoms with Crippen LogP contribution in [0.2, 0.25) is 5.02 Å². The van der Waals surface area contributed by atoms with Crippen LogP contribution in [0.4, 0.5) is 0 Å². The predicted octanol–water partition coefficient (Wildman–Crippen LogP) is 4.97. The Kier molecular flexibility index (Phi) is 6.30. The number of hydrogen-bond donors (Lipinski definition) is 0. The maximum absolute atomic E-state index is 12.5. The molecular weight excluding hydrogens is 360 g/mol. The molecule has 2 aromatic rings. The lowest BCUT2D eigenvalue weighted by Crippen LogP contribution is -2.18. The number of hydrazone groups is 1. The van der Waals surface area contributed by atoms with Gasteiger partial charge < -0.3 is 4.74 Å². The number of ether oxygens (including phenoxy) is 1. The van der Waals surface area contributed by atoms with E-state index in [1.807, 2.05) is 18.2 Å². The molecule has 0 fully saturated rings. The first-order valence-corrected chi connectivity index (χ1v) is 9.49. The molecule has 0 saturated carbocycles. The molecule has 0 aromatic heterocycles. The molecule has 2 aromatic carbocycles. The van der Waals surface area contributed by atoms with Gasteiger partial charge in [0.2, 0.25) is 0 Å². The van der Waals surface area contributed by atoms with Crippen molar-refractivity contribution in [3.63, 3.8) is 0 Å². The van der Waals surface area contributed by atoms with E-state index < -0.39 is 0 Å². The fourth-order valence-electron chi connectivity index (χ4n) is 2.84. The average molecular weight is 383 g/mol. The van der Waals surface area contributed by atoms with Crippen molar-refractivity contribution in [2.45, 2.75) is 26.2 Å². The molecule has 5 heteroatoms. The zero-order chi connectivity index (χ0) is 19.2. The summed E-state index contributed by atoms with van der Waals surface area (Å²) in [5.41, 5.74) is 3.47. The highest BCUT2D eigenvalue weighted by Crippen LogP contribution is 2.20. The summed E-state index contributed by atoms with van der Waals surface area (Å²) in [4.78, 5) is 12.5. The Morgan fingerprint density at radius 1 is 1.11 bits per heavy atom. The number of aryl methyl sites for hydroxylation is 1. The lowest BCUT2D eigenvalue weighted by Gasteiger charge is -2.06. The zero-order valence-corrected chi connectivity index (χ0v) is 16.4. The Balaban J connectivity index is 1.73. The number of unbranched alkanes of at least 4 members (excludes halogenated alkanes) is 1. The van der Waals surface area contributed by atoms with Crippen molar-refractivity contribution in [2.75, 3.05) is 13.7 Å². The van der Waals surface area contributed by atoms with Gasteiger partial charge in [-0.05, 0) is 54.3 Å². The molecule has 0 radical (unpaired) electrons. The number of amides is 1. The topological polar surface area (TPSA) is 41.9 Å². The standard InChI is InChI=1S/C22H23ClN2O2/c1-3-4-5-16-6-8-17(9-7-16)14-20-21(24-25(2)22(20)26)15-27-19-12-10-18(23)11-13-19/h6-14H,3-5,15H2,1-2H3/b20-14+. The van der Waals surface area contributed by atoms with E-state index in [-0.39, 0.29) is 12.5 Å². The van der Waals surface area contributed by atoms with Gasteiger partial charge in [0.05, 0.1) is 5.57 Å². The molecule has 0 N–H and O–H groups in total. The van der Waals surface area contributed by atoms with Crippen molar-refractivity contribution in [1.29, 1.82) is 0 Å². The number of carbonyl (C=O) groups is 1. The normalized spacial score (nSPS) is 15.4. The van der Waals surface area contributed by atoms with Crippen LogP contribution in [0.1, 0.15) is 30.9 Å². The first-order chi connectivity index (χ1) is 13.1. The lowest BCUT2D eigenvalue weighted by molar-refractivity contribution is -0.124. The monoisotopic (exact) mass is 382 g/mol. The van der Waals surface area contributed by atoms with Crippen LogP contribution >= 0.6 is 11.6 Å². The van der Waals surface area contributed by atoms with Crippen LogP contribution in [0, 0.1) is 0 Å². The minimum atomic E-state index is -0.125. The van der Waals surface area contributed by atoms with E-state index >= 15 is 0 Å². The van der Waals surface area contributed by atoms with Crippen LogP contribution in [-0.2, 0) is 11.2 Å². The molecule has 0 aliphatic carbocycles. The smallest absolute Gasteiger partial charge is 0.275 e. The largest absolute Gasteiger partial charge is 0.487 e. The number of benzene rings is 2. The van der Waals surface area contributed by atoms with E-state index in [9.17, 15) is 4.79 Å². The number of rotatable bonds is 7. The molecule has 4 nitrogen and oxygen atoms in total. The zero-order valence-electron chi connectivity index (χ0n) is 15.6. The van der Waals surface area contributed by atoms with Crippen LogP contribution in [0.15, 0.2) is 59.2 Å². The third-order valence-corrected chi connectivity index (χ3v) is 4.66. The first-order valence-electron chi connectivity index (χ1n) is 9.11. The summed E-state index contributed by atoms with van der Waals surface area (Å²) in [6, 6.07) is 15.4. The fraction of sp³-hybridized carbons (Fsp3) is 0.273. The van der Waals surface area contributed by atoms with Crippen LogP contribution in [0.5, 0.6) is 5.75 Å². The summed E-state index contributed by atoms with van der Waals surface area (Å²) < 4.78 is 5.76. The Morgan fingerprint density at radius 3 is 2.48 bits per heavy atom. The maximum atomic E-state index is 12.5. The Bertz CT molecular complexity index is 855. The Hall–Kier alpha value is -2.59. The summed E-state index contributed by atoms with van der Waals surface area (Å²) in [6.45, 7) is 2.41. The van der Waals surface area contributed by atoms with Crippen LogP contribution in [0.3, 0.4) is 0 Å². The number of halogens is 1. The molecule has 3 rings (SSSR count). The summed E-state index contributed by atoms with van der Waals surface area (Å²) in [5.74, 6) is 0.559. The number of carbonyl (C=O) groups excluding carboxylic acids is 1. The molecule has 1 aliphatic rings. The first kappa shape index (κ1) is 19.2. The van der Waals surface area contributed by atoms with Gasteiger partial charge in [-0.2, -0.15) is 5.10 Å². The third kappa shape index (κ3) is 4.98. The van der Waals surface area contributed by atoms with Gasteiger partial charge in [0.1, 0.15) is 18.1 Å². The quantitative estimate of drug-likeness (QED) is 0.634. The van der Waals surface area contributed by atoms with Crippen molar-refractivity contribution < 1.29 is 9.53 Å². The molecule has 0 unspecified atom stereocenters. The minimum absolute atomic E-state index is 0.125. The van der Waals surface area contributed by atoms with Gasteiger partial charge in [-0.15, -0.1) is 0 Å². The second kappa shape index (κ2) is 8.87.